The Kier molecular flexibility index (Phi) is 28.5. The fraction of sp³-hybridized carbons (Fsp3) is 0.656. The normalized spacial score (nSPS) is 22.7. The quantitative estimate of drug-likeness (QED) is 0.0590. The maximum Gasteiger partial charge on any atom is 0.471 e. The van der Waals surface area contributed by atoms with E-state index < -0.39 is 104 Å². The Balaban J connectivity index is 0.000000431. The van der Waals surface area contributed by atoms with Crippen LogP contribution < -0.4 is 22.1 Å². The molecule has 2 amide bonds. The molecule has 27 heteroatoms. The Morgan fingerprint density at radius 2 is 0.956 bits per heavy atom. The molecule has 0 heterocycles. The summed E-state index contributed by atoms with van der Waals surface area (Å²) in [5, 5.41) is -1.15. The van der Waals surface area contributed by atoms with Crippen LogP contribution in [0.25, 0.3) is 0 Å². The number of halogens is 7. The highest BCUT2D eigenvalue weighted by molar-refractivity contribution is 7.93. The third-order valence-corrected chi connectivity index (χ3v) is 21.8. The molecule has 3 aliphatic carbocycles. The van der Waals surface area contributed by atoms with Crippen molar-refractivity contribution in [2.75, 3.05) is 13.1 Å². The van der Waals surface area contributed by atoms with Crippen molar-refractivity contribution in [2.45, 2.75) is 264 Å². The second kappa shape index (κ2) is 31.6. The lowest BCUT2D eigenvalue weighted by Gasteiger charge is -2.41. The smallest absolute Gasteiger partial charge is 0.460 e. The van der Waals surface area contributed by atoms with E-state index in [1.807, 2.05) is 34.6 Å². The van der Waals surface area contributed by atoms with E-state index in [1.54, 1.807) is 85.7 Å². The molecule has 6 rings (SSSR count). The topological polar surface area (TPSA) is 268 Å². The van der Waals surface area contributed by atoms with E-state index in [2.05, 4.69) is 10.6 Å². The summed E-state index contributed by atoms with van der Waals surface area (Å²) < 4.78 is 171. The number of hydrogen-bond donors (Lipinski definition) is 4. The molecule has 0 bridgehead atoms. The molecule has 17 nitrogen and oxygen atoms in total. The van der Waals surface area contributed by atoms with Crippen molar-refractivity contribution in [1.29, 1.82) is 0 Å². The first-order chi connectivity index (χ1) is 40.7. The Morgan fingerprint density at radius 1 is 0.604 bits per heavy atom. The zero-order valence-corrected chi connectivity index (χ0v) is 58.5. The predicted molar refractivity (Wildman–Crippen MR) is 343 cm³/mol. The number of nitrogens with one attached hydrogen (secondary N) is 2. The first-order valence-corrected chi connectivity index (χ1v) is 34.5. The van der Waals surface area contributed by atoms with Crippen LogP contribution in [-0.4, -0.2) is 129 Å². The van der Waals surface area contributed by atoms with Crippen molar-refractivity contribution in [3.8, 4) is 0 Å². The van der Waals surface area contributed by atoms with E-state index >= 15 is 8.78 Å². The molecule has 518 valence electrons. The van der Waals surface area contributed by atoms with Crippen LogP contribution >= 0.6 is 12.4 Å². The number of carbonyl (C=O) groups excluding carboxylic acids is 4. The van der Waals surface area contributed by atoms with Gasteiger partial charge in [0.15, 0.2) is 0 Å². The summed E-state index contributed by atoms with van der Waals surface area (Å²) in [6.45, 7) is 26.4. The van der Waals surface area contributed by atoms with Crippen LogP contribution in [0.15, 0.2) is 87.5 Å². The van der Waals surface area contributed by atoms with E-state index in [0.29, 0.717) is 49.0 Å². The lowest BCUT2D eigenvalue weighted by Crippen LogP contribution is -2.56. The van der Waals surface area contributed by atoms with E-state index in [4.69, 9.17) is 20.9 Å². The van der Waals surface area contributed by atoms with Crippen molar-refractivity contribution in [3.63, 3.8) is 0 Å². The van der Waals surface area contributed by atoms with Gasteiger partial charge in [-0.2, -0.15) is 13.2 Å². The van der Waals surface area contributed by atoms with Crippen LogP contribution in [0, 0.1) is 26.2 Å². The summed E-state index contributed by atoms with van der Waals surface area (Å²) in [6.07, 6.45) is -4.53. The molecule has 0 atom stereocenters. The van der Waals surface area contributed by atoms with Gasteiger partial charge in [0.1, 0.15) is 17.5 Å². The van der Waals surface area contributed by atoms with E-state index in [0.717, 1.165) is 11.1 Å². The number of carbonyl (C=O) groups is 4. The molecule has 3 aromatic carbocycles. The van der Waals surface area contributed by atoms with Crippen molar-refractivity contribution >= 4 is 66.2 Å². The number of aryl methyl sites for hydroxylation is 3. The fourth-order valence-electron chi connectivity index (χ4n) is 10.3. The van der Waals surface area contributed by atoms with Gasteiger partial charge in [-0.05, 0) is 226 Å². The van der Waals surface area contributed by atoms with Crippen LogP contribution in [0.5, 0.6) is 0 Å². The molecule has 0 aromatic heterocycles. The molecule has 3 aliphatic rings. The Bertz CT molecular complexity index is 3270. The third-order valence-electron chi connectivity index (χ3n) is 15.1. The van der Waals surface area contributed by atoms with Gasteiger partial charge in [-0.3, -0.25) is 9.59 Å². The molecule has 0 unspecified atom stereocenters. The van der Waals surface area contributed by atoms with Crippen LogP contribution in [0.4, 0.5) is 31.1 Å². The number of alkyl halides is 6. The van der Waals surface area contributed by atoms with Gasteiger partial charge in [-0.1, -0.05) is 50.2 Å². The monoisotopic (exact) mass is 1370 g/mol. The van der Waals surface area contributed by atoms with E-state index in [1.165, 1.54) is 56.3 Å². The number of alkyl carbamates (subject to hydrolysis) is 1. The molecule has 3 aromatic rings. The number of aldehydes is 1. The zero-order chi connectivity index (χ0) is 69.1. The highest BCUT2D eigenvalue weighted by atomic mass is 35.5. The first kappa shape index (κ1) is 82.2. The molecular weight excluding hydrogens is 1280 g/mol. The average Bonchev–Trinajstić information content (AvgIpc) is 0.829. The number of rotatable bonds is 16. The number of nitrogens with two attached hydrogens (primary N) is 2. The molecule has 0 saturated heterocycles. The molecule has 91 heavy (non-hydrogen) atoms. The van der Waals surface area contributed by atoms with Gasteiger partial charge in [-0.15, -0.1) is 12.4 Å². The number of ether oxygens (including phenoxy) is 2. The molecular formula is C64H98ClF6N5O12S3. The highest BCUT2D eigenvalue weighted by Crippen LogP contribution is 2.44. The van der Waals surface area contributed by atoms with Gasteiger partial charge >= 0.3 is 24.1 Å². The number of benzene rings is 3. The maximum atomic E-state index is 15.5. The summed E-state index contributed by atoms with van der Waals surface area (Å²) in [7, 11) is -12.3. The van der Waals surface area contributed by atoms with Crippen LogP contribution in [0.3, 0.4) is 0 Å². The lowest BCUT2D eigenvalue weighted by atomic mass is 9.87. The minimum atomic E-state index is -5.09. The summed E-state index contributed by atoms with van der Waals surface area (Å²) in [5.41, 5.74) is 10.4. The summed E-state index contributed by atoms with van der Waals surface area (Å²) in [6, 6.07) is 17.7. The maximum absolute atomic E-state index is 15.5. The summed E-state index contributed by atoms with van der Waals surface area (Å²) in [5.74, 6) is -2.29. The van der Waals surface area contributed by atoms with Crippen molar-refractivity contribution < 1.29 is 80.2 Å². The number of nitrogens with zero attached hydrogens (tertiary/aromatic N) is 1. The van der Waals surface area contributed by atoms with Gasteiger partial charge in [0.25, 0.3) is 0 Å². The first-order valence-electron chi connectivity index (χ1n) is 30.1. The van der Waals surface area contributed by atoms with Gasteiger partial charge in [0.05, 0.1) is 26.6 Å². The van der Waals surface area contributed by atoms with Gasteiger partial charge in [-0.25, -0.2) is 43.2 Å². The third kappa shape index (κ3) is 24.8. The summed E-state index contributed by atoms with van der Waals surface area (Å²) >= 11 is 0. The predicted octanol–water partition coefficient (Wildman–Crippen LogP) is 12.5. The molecule has 0 spiro atoms. The SMILES string of the molecule is CC(C)(C=O)NC(=O)OC(C)(C)C.Cc1cccc(S(=O)(=O)C2(F)CCC(N(CC(C)(C)N)C(=O)C(F)(F)F)CC2)c1.Cc1cccc(S(=O)(=O)C2(F)CCC(N)CC2)c1.Cc1cccc(S(=O)(=O)C2(F)CCC(NCC(C)(C)CC(=O)OC(C)(C)C)CC2)c1.Cl. The molecule has 0 radical (unpaired) electrons. The van der Waals surface area contributed by atoms with E-state index in [9.17, 15) is 62.0 Å². The number of amides is 2. The average molecular weight is 1380 g/mol. The number of esters is 1. The molecule has 3 fully saturated rings. The Labute approximate surface area is 542 Å². The summed E-state index contributed by atoms with van der Waals surface area (Å²) in [4.78, 5) is 46.2. The van der Waals surface area contributed by atoms with E-state index in [-0.39, 0.29) is 102 Å². The highest BCUT2D eigenvalue weighted by Gasteiger charge is 2.53. The zero-order valence-electron chi connectivity index (χ0n) is 55.2. The molecule has 3 saturated carbocycles. The Hall–Kier alpha value is -4.86. The minimum Gasteiger partial charge on any atom is -0.460 e. The second-order valence-corrected chi connectivity index (χ2v) is 34.8. The van der Waals surface area contributed by atoms with Crippen molar-refractivity contribution in [2.24, 2.45) is 16.9 Å². The standard InChI is InChI=1S/C23H36FNO4S.C19H26F4N2O3S.C13H18FNO2S.C9H17NO3.ClH/c1-17-8-7-9-19(14-17)30(27,28)23(24)12-10-18(11-13-23)25-16-22(5,6)15-20(26)29-21(2,3)4;1-13-5-4-6-15(11-13)29(27,28)18(20)9-7-14(8-10-18)25(12-17(2,3)24)16(26)19(21,22)23;1-10-3-2-4-12(9-10)18(16,17)13(14)7-5-11(15)6-8-13;1-8(2,3)13-7(12)10-9(4,5)6-11;/h7-9,14,18,25H,10-13,15-16H2,1-6H3;4-6,11,14H,7-10,12,24H2,1-3H3;2-4,9,11H,5-8,15H2,1H3;6H,1-5H3,(H,10,12);1H. The lowest BCUT2D eigenvalue weighted by molar-refractivity contribution is -0.189. The second-order valence-electron chi connectivity index (χ2n) is 28.1. The van der Waals surface area contributed by atoms with Gasteiger partial charge < -0.3 is 41.3 Å². The number of sulfone groups is 3. The minimum absolute atomic E-state index is 0. The van der Waals surface area contributed by atoms with Crippen molar-refractivity contribution in [1.82, 2.24) is 15.5 Å². The Morgan fingerprint density at radius 3 is 1.27 bits per heavy atom. The van der Waals surface area contributed by atoms with Crippen molar-refractivity contribution in [3.05, 3.63) is 89.5 Å². The fourth-order valence-corrected chi connectivity index (χ4v) is 15.7. The van der Waals surface area contributed by atoms with Crippen LogP contribution in [-0.2, 0) is 53.4 Å². The van der Waals surface area contributed by atoms with Gasteiger partial charge in [0, 0.05) is 36.8 Å². The van der Waals surface area contributed by atoms with Crippen LogP contribution in [0.2, 0.25) is 0 Å². The molecule has 0 aliphatic heterocycles. The number of hydrogen-bond acceptors (Lipinski definition) is 15. The largest absolute Gasteiger partial charge is 0.471 e. The van der Waals surface area contributed by atoms with Crippen LogP contribution in [0.1, 0.15) is 183 Å². The van der Waals surface area contributed by atoms with Gasteiger partial charge in [0.2, 0.25) is 44.5 Å². The molecule has 6 N–H and O–H groups in total.